The average molecular weight is 376 g/mol. The van der Waals surface area contributed by atoms with Gasteiger partial charge in [-0.3, -0.25) is 19.7 Å². The van der Waals surface area contributed by atoms with Crippen molar-refractivity contribution in [2.45, 2.75) is 6.10 Å². The molecule has 0 fully saturated rings. The maximum atomic E-state index is 13.0. The number of fused-ring (bicyclic) bond motifs is 1. The van der Waals surface area contributed by atoms with Crippen molar-refractivity contribution in [1.29, 1.82) is 0 Å². The van der Waals surface area contributed by atoms with E-state index in [0.717, 1.165) is 6.07 Å². The Morgan fingerprint density at radius 2 is 2.04 bits per heavy atom. The fourth-order valence-corrected chi connectivity index (χ4v) is 2.92. The van der Waals surface area contributed by atoms with Gasteiger partial charge < -0.3 is 15.0 Å². The number of ether oxygens (including phenoxy) is 1. The Morgan fingerprint density at radius 3 is 2.69 bits per heavy atom. The molecule has 134 valence electrons. The number of rotatable bonds is 3. The Balaban J connectivity index is 2.00. The van der Waals surface area contributed by atoms with Gasteiger partial charge in [0.15, 0.2) is 6.10 Å². The number of carbonyl (C=O) groups is 2. The molecule has 8 nitrogen and oxygen atoms in total. The van der Waals surface area contributed by atoms with Gasteiger partial charge in [-0.15, -0.1) is 0 Å². The number of nitrogens with one attached hydrogen (secondary N) is 1. The topological polar surface area (TPSA) is 102 Å². The number of anilines is 1. The first-order chi connectivity index (χ1) is 12.4. The summed E-state index contributed by atoms with van der Waals surface area (Å²) in [4.78, 5) is 36.6. The molecule has 1 atom stereocenters. The van der Waals surface area contributed by atoms with E-state index in [1.807, 2.05) is 0 Å². The molecule has 2 amide bonds. The van der Waals surface area contributed by atoms with Crippen molar-refractivity contribution in [2.75, 3.05) is 18.5 Å². The molecule has 2 aromatic carbocycles. The normalized spacial score (nSPS) is 15.6. The minimum Gasteiger partial charge on any atom is -0.477 e. The predicted octanol–water partition coefficient (Wildman–Crippen LogP) is 2.40. The Hall–Kier alpha value is -3.13. The number of likely N-dealkylation sites (N-methyl/N-ethyl adjacent to an activating group) is 1. The van der Waals surface area contributed by atoms with Crippen molar-refractivity contribution in [3.8, 4) is 5.75 Å². The Labute approximate surface area is 153 Å². The highest BCUT2D eigenvalue weighted by molar-refractivity contribution is 6.34. The predicted molar refractivity (Wildman–Crippen MR) is 94.7 cm³/mol. The van der Waals surface area contributed by atoms with Gasteiger partial charge >= 0.3 is 0 Å². The molecule has 1 aliphatic rings. The first-order valence-electron chi connectivity index (χ1n) is 7.65. The molecule has 0 saturated carbocycles. The fourth-order valence-electron chi connectivity index (χ4n) is 2.66. The standard InChI is InChI=1S/C17H14ClN3O5/c1-19-16(22)15-9-20(13-4-2-3-5-14(13)26-15)17(23)11-7-6-10(21(24)25)8-12(11)18/h2-8,15H,9H2,1H3,(H,19,22)/t15-/m1/s1. The number of nitro groups is 1. The maximum absolute atomic E-state index is 13.0. The van der Waals surface area contributed by atoms with Crippen LogP contribution in [0.5, 0.6) is 5.75 Å². The lowest BCUT2D eigenvalue weighted by Crippen LogP contribution is -2.50. The second-order valence-corrected chi connectivity index (χ2v) is 5.93. The van der Waals surface area contributed by atoms with Gasteiger partial charge in [0.2, 0.25) is 0 Å². The van der Waals surface area contributed by atoms with Gasteiger partial charge in [-0.1, -0.05) is 23.7 Å². The maximum Gasteiger partial charge on any atom is 0.270 e. The lowest BCUT2D eigenvalue weighted by atomic mass is 10.1. The van der Waals surface area contributed by atoms with Crippen molar-refractivity contribution in [3.05, 3.63) is 63.2 Å². The van der Waals surface area contributed by atoms with E-state index in [-0.39, 0.29) is 28.7 Å². The Morgan fingerprint density at radius 1 is 1.31 bits per heavy atom. The van der Waals surface area contributed by atoms with E-state index in [0.29, 0.717) is 11.4 Å². The molecular formula is C17H14ClN3O5. The highest BCUT2D eigenvalue weighted by Gasteiger charge is 2.34. The van der Waals surface area contributed by atoms with Crippen LogP contribution in [0, 0.1) is 10.1 Å². The number of nitrogens with zero attached hydrogens (tertiary/aromatic N) is 2. The number of amides is 2. The zero-order chi connectivity index (χ0) is 18.8. The summed E-state index contributed by atoms with van der Waals surface area (Å²) in [6.07, 6.45) is -0.879. The van der Waals surface area contributed by atoms with E-state index in [9.17, 15) is 19.7 Å². The monoisotopic (exact) mass is 375 g/mol. The van der Waals surface area contributed by atoms with Gasteiger partial charge in [-0.05, 0) is 18.2 Å². The second-order valence-electron chi connectivity index (χ2n) is 5.53. The molecule has 0 bridgehead atoms. The smallest absolute Gasteiger partial charge is 0.270 e. The summed E-state index contributed by atoms with van der Waals surface area (Å²) in [5.41, 5.74) is 0.383. The number of para-hydroxylation sites is 2. The number of nitro benzene ring substituents is 1. The van der Waals surface area contributed by atoms with Crippen LogP contribution in [0.4, 0.5) is 11.4 Å². The average Bonchev–Trinajstić information content (AvgIpc) is 2.65. The third-order valence-electron chi connectivity index (χ3n) is 3.95. The number of hydrogen-bond donors (Lipinski definition) is 1. The Bertz CT molecular complexity index is 902. The van der Waals surface area contributed by atoms with Crippen molar-refractivity contribution in [2.24, 2.45) is 0 Å². The molecule has 0 aliphatic carbocycles. The van der Waals surface area contributed by atoms with E-state index in [2.05, 4.69) is 5.32 Å². The molecule has 2 aromatic rings. The summed E-state index contributed by atoms with van der Waals surface area (Å²) >= 11 is 6.08. The van der Waals surface area contributed by atoms with Crippen LogP contribution in [-0.4, -0.2) is 36.4 Å². The lowest BCUT2D eigenvalue weighted by molar-refractivity contribution is -0.384. The van der Waals surface area contributed by atoms with Gasteiger partial charge in [0.05, 0.1) is 27.7 Å². The third-order valence-corrected chi connectivity index (χ3v) is 4.26. The molecule has 3 rings (SSSR count). The van der Waals surface area contributed by atoms with Crippen LogP contribution in [0.2, 0.25) is 5.02 Å². The van der Waals surface area contributed by atoms with Crippen molar-refractivity contribution >= 4 is 34.8 Å². The molecule has 9 heteroatoms. The third kappa shape index (κ3) is 3.18. The van der Waals surface area contributed by atoms with Gasteiger partial charge in [0.1, 0.15) is 5.75 Å². The molecule has 1 aliphatic heterocycles. The zero-order valence-electron chi connectivity index (χ0n) is 13.6. The number of carbonyl (C=O) groups excluding carboxylic acids is 2. The van der Waals surface area contributed by atoms with Crippen LogP contribution in [0.25, 0.3) is 0 Å². The van der Waals surface area contributed by atoms with E-state index in [4.69, 9.17) is 16.3 Å². The molecule has 1 N–H and O–H groups in total. The number of benzene rings is 2. The van der Waals surface area contributed by atoms with Gasteiger partial charge in [0.25, 0.3) is 17.5 Å². The summed E-state index contributed by atoms with van der Waals surface area (Å²) in [5, 5.41) is 13.3. The number of non-ortho nitro benzene ring substituents is 1. The Kier molecular flexibility index (Phi) is 4.77. The van der Waals surface area contributed by atoms with E-state index < -0.39 is 16.9 Å². The van der Waals surface area contributed by atoms with Crippen LogP contribution >= 0.6 is 11.6 Å². The minimum atomic E-state index is -0.879. The molecule has 0 spiro atoms. The second kappa shape index (κ2) is 7.01. The van der Waals surface area contributed by atoms with Crippen LogP contribution in [-0.2, 0) is 4.79 Å². The molecule has 1 heterocycles. The van der Waals surface area contributed by atoms with Crippen LogP contribution in [0.1, 0.15) is 10.4 Å². The quantitative estimate of drug-likeness (QED) is 0.655. The molecule has 26 heavy (non-hydrogen) atoms. The summed E-state index contributed by atoms with van der Waals surface area (Å²) in [6, 6.07) is 10.4. The van der Waals surface area contributed by atoms with Gasteiger partial charge in [0, 0.05) is 19.2 Å². The lowest BCUT2D eigenvalue weighted by Gasteiger charge is -2.34. The first kappa shape index (κ1) is 17.7. The van der Waals surface area contributed by atoms with Gasteiger partial charge in [-0.25, -0.2) is 0 Å². The van der Waals surface area contributed by atoms with Gasteiger partial charge in [-0.2, -0.15) is 0 Å². The van der Waals surface area contributed by atoms with Crippen molar-refractivity contribution < 1.29 is 19.2 Å². The summed E-state index contributed by atoms with van der Waals surface area (Å²) < 4.78 is 5.65. The summed E-state index contributed by atoms with van der Waals surface area (Å²) in [7, 11) is 1.48. The van der Waals surface area contributed by atoms with E-state index in [1.165, 1.54) is 24.1 Å². The van der Waals surface area contributed by atoms with E-state index >= 15 is 0 Å². The molecule has 0 saturated heterocycles. The van der Waals surface area contributed by atoms with Crippen molar-refractivity contribution in [1.82, 2.24) is 5.32 Å². The van der Waals surface area contributed by atoms with Crippen LogP contribution < -0.4 is 15.0 Å². The molecule has 0 aromatic heterocycles. The minimum absolute atomic E-state index is 0.0111. The zero-order valence-corrected chi connectivity index (χ0v) is 14.4. The highest BCUT2D eigenvalue weighted by atomic mass is 35.5. The summed E-state index contributed by atoms with van der Waals surface area (Å²) in [5.74, 6) is -0.458. The first-order valence-corrected chi connectivity index (χ1v) is 8.03. The summed E-state index contributed by atoms with van der Waals surface area (Å²) in [6.45, 7) is -0.0111. The highest BCUT2D eigenvalue weighted by Crippen LogP contribution is 2.35. The largest absolute Gasteiger partial charge is 0.477 e. The van der Waals surface area contributed by atoms with Crippen molar-refractivity contribution in [3.63, 3.8) is 0 Å². The fraction of sp³-hybridized carbons (Fsp3) is 0.176. The van der Waals surface area contributed by atoms with E-state index in [1.54, 1.807) is 24.3 Å². The number of halogens is 1. The molecular weight excluding hydrogens is 362 g/mol. The van der Waals surface area contributed by atoms with Crippen LogP contribution in [0.3, 0.4) is 0 Å². The molecule has 0 radical (unpaired) electrons. The number of hydrogen-bond acceptors (Lipinski definition) is 5. The SMILES string of the molecule is CNC(=O)[C@H]1CN(C(=O)c2ccc([N+](=O)[O-])cc2Cl)c2ccccc2O1. The molecule has 0 unspecified atom stereocenters. The van der Waals surface area contributed by atoms with Crippen LogP contribution in [0.15, 0.2) is 42.5 Å².